The number of hydrogen-bond acceptors (Lipinski definition) is 0. The minimum Gasteiger partial charge on any atom is -0.0654 e. The molecular formula is C13H27. The summed E-state index contributed by atoms with van der Waals surface area (Å²) in [6.45, 7) is 11.6. The van der Waals surface area contributed by atoms with Crippen LogP contribution in [0.15, 0.2) is 0 Å². The number of hydrogen-bond donors (Lipinski definition) is 0. The molecule has 0 aromatic rings. The first-order valence-electron chi connectivity index (χ1n) is 5.83. The van der Waals surface area contributed by atoms with Crippen molar-refractivity contribution >= 4 is 0 Å². The standard InChI is InChI=1S/C13H27/c1-6-10-13(4,5)11-8-9-12(3)7-2/h6-11H2,1-5H3. The summed E-state index contributed by atoms with van der Waals surface area (Å²) in [5.41, 5.74) is 0.572. The van der Waals surface area contributed by atoms with Crippen LogP contribution in [0, 0.1) is 11.3 Å². The van der Waals surface area contributed by atoms with Gasteiger partial charge in [0.2, 0.25) is 0 Å². The molecule has 0 atom stereocenters. The summed E-state index contributed by atoms with van der Waals surface area (Å²) in [6, 6.07) is 0. The Balaban J connectivity index is 3.50. The lowest BCUT2D eigenvalue weighted by Gasteiger charge is -2.24. The molecule has 0 unspecified atom stereocenters. The van der Waals surface area contributed by atoms with E-state index in [4.69, 9.17) is 0 Å². The molecule has 0 saturated heterocycles. The van der Waals surface area contributed by atoms with Crippen LogP contribution in [0.25, 0.3) is 0 Å². The van der Waals surface area contributed by atoms with Crippen molar-refractivity contribution < 1.29 is 0 Å². The maximum atomic E-state index is 2.40. The van der Waals surface area contributed by atoms with E-state index in [1.807, 2.05) is 0 Å². The molecule has 0 aromatic carbocycles. The molecule has 1 radical (unpaired) electrons. The molecule has 0 spiro atoms. The quantitative estimate of drug-likeness (QED) is 0.522. The van der Waals surface area contributed by atoms with Crippen molar-refractivity contribution in [3.8, 4) is 0 Å². The van der Waals surface area contributed by atoms with Crippen LogP contribution in [-0.4, -0.2) is 0 Å². The summed E-state index contributed by atoms with van der Waals surface area (Å²) in [6.07, 6.45) is 8.06. The van der Waals surface area contributed by atoms with Gasteiger partial charge in [-0.05, 0) is 30.6 Å². The van der Waals surface area contributed by atoms with E-state index in [0.29, 0.717) is 5.41 Å². The van der Waals surface area contributed by atoms with Crippen molar-refractivity contribution in [2.24, 2.45) is 5.41 Å². The van der Waals surface area contributed by atoms with Crippen molar-refractivity contribution in [2.75, 3.05) is 0 Å². The fraction of sp³-hybridized carbons (Fsp3) is 0.923. The highest BCUT2D eigenvalue weighted by Gasteiger charge is 2.16. The van der Waals surface area contributed by atoms with Crippen LogP contribution < -0.4 is 0 Å². The van der Waals surface area contributed by atoms with Crippen molar-refractivity contribution in [1.29, 1.82) is 0 Å². The maximum Gasteiger partial charge on any atom is -0.0275 e. The van der Waals surface area contributed by atoms with Gasteiger partial charge in [0, 0.05) is 0 Å². The Morgan fingerprint density at radius 1 is 1.08 bits per heavy atom. The fourth-order valence-electron chi connectivity index (χ4n) is 1.85. The predicted molar refractivity (Wildman–Crippen MR) is 61.7 cm³/mol. The van der Waals surface area contributed by atoms with Gasteiger partial charge in [0.05, 0.1) is 0 Å². The lowest BCUT2D eigenvalue weighted by Crippen LogP contribution is -2.10. The third-order valence-corrected chi connectivity index (χ3v) is 2.99. The van der Waals surface area contributed by atoms with Gasteiger partial charge in [-0.1, -0.05) is 53.9 Å². The second-order valence-electron chi connectivity index (χ2n) is 5.08. The Morgan fingerprint density at radius 3 is 2.15 bits per heavy atom. The van der Waals surface area contributed by atoms with Crippen LogP contribution >= 0.6 is 0 Å². The van der Waals surface area contributed by atoms with Crippen molar-refractivity contribution in [2.45, 2.75) is 73.1 Å². The largest absolute Gasteiger partial charge is 0.0654 e. The molecule has 0 aliphatic carbocycles. The van der Waals surface area contributed by atoms with Gasteiger partial charge in [-0.25, -0.2) is 0 Å². The molecule has 0 amide bonds. The van der Waals surface area contributed by atoms with Crippen LogP contribution in [0.5, 0.6) is 0 Å². The minimum absolute atomic E-state index is 0.572. The van der Waals surface area contributed by atoms with Gasteiger partial charge >= 0.3 is 0 Å². The molecule has 0 N–H and O–H groups in total. The predicted octanol–water partition coefficient (Wildman–Crippen LogP) is 4.99. The Labute approximate surface area is 85.1 Å². The van der Waals surface area contributed by atoms with Crippen LogP contribution in [0.4, 0.5) is 0 Å². The summed E-state index contributed by atoms with van der Waals surface area (Å²) >= 11 is 0. The van der Waals surface area contributed by atoms with Crippen molar-refractivity contribution in [3.05, 3.63) is 5.92 Å². The molecular weight excluding hydrogens is 156 g/mol. The highest BCUT2D eigenvalue weighted by Crippen LogP contribution is 2.30. The Morgan fingerprint density at radius 2 is 1.69 bits per heavy atom. The van der Waals surface area contributed by atoms with Crippen LogP contribution in [0.2, 0.25) is 0 Å². The summed E-state index contributed by atoms with van der Waals surface area (Å²) in [5, 5.41) is 0. The van der Waals surface area contributed by atoms with Crippen molar-refractivity contribution in [1.82, 2.24) is 0 Å². The van der Waals surface area contributed by atoms with Crippen molar-refractivity contribution in [3.63, 3.8) is 0 Å². The molecule has 13 heavy (non-hydrogen) atoms. The van der Waals surface area contributed by atoms with Crippen LogP contribution in [0.1, 0.15) is 73.1 Å². The van der Waals surface area contributed by atoms with Crippen LogP contribution in [0.3, 0.4) is 0 Å². The van der Waals surface area contributed by atoms with E-state index in [0.717, 1.165) is 0 Å². The summed E-state index contributed by atoms with van der Waals surface area (Å²) in [7, 11) is 0. The molecule has 0 aromatic heterocycles. The van der Waals surface area contributed by atoms with Gasteiger partial charge in [-0.2, -0.15) is 0 Å². The SMILES string of the molecule is CCCC(C)(C)CCC[C](C)CC. The lowest BCUT2D eigenvalue weighted by atomic mass is 9.82. The second-order valence-corrected chi connectivity index (χ2v) is 5.08. The van der Waals surface area contributed by atoms with Gasteiger partial charge in [0.25, 0.3) is 0 Å². The third-order valence-electron chi connectivity index (χ3n) is 2.99. The van der Waals surface area contributed by atoms with Crippen LogP contribution in [-0.2, 0) is 0 Å². The van der Waals surface area contributed by atoms with E-state index >= 15 is 0 Å². The molecule has 0 heteroatoms. The van der Waals surface area contributed by atoms with E-state index < -0.39 is 0 Å². The first-order chi connectivity index (χ1) is 6.02. The van der Waals surface area contributed by atoms with E-state index in [2.05, 4.69) is 34.6 Å². The topological polar surface area (TPSA) is 0 Å². The van der Waals surface area contributed by atoms with Gasteiger partial charge < -0.3 is 0 Å². The van der Waals surface area contributed by atoms with E-state index in [1.54, 1.807) is 5.92 Å². The third kappa shape index (κ3) is 7.10. The Kier molecular flexibility index (Phi) is 6.45. The molecule has 0 aliphatic heterocycles. The Hall–Kier alpha value is 0. The maximum absolute atomic E-state index is 2.40. The van der Waals surface area contributed by atoms with Gasteiger partial charge in [0.1, 0.15) is 0 Å². The average Bonchev–Trinajstić information content (AvgIpc) is 2.03. The van der Waals surface area contributed by atoms with E-state index in [-0.39, 0.29) is 0 Å². The molecule has 0 aliphatic rings. The fourth-order valence-corrected chi connectivity index (χ4v) is 1.85. The molecule has 0 saturated carbocycles. The monoisotopic (exact) mass is 183 g/mol. The number of rotatable bonds is 7. The first kappa shape index (κ1) is 13.0. The molecule has 79 valence electrons. The highest BCUT2D eigenvalue weighted by atomic mass is 14.2. The van der Waals surface area contributed by atoms with Gasteiger partial charge in [0.15, 0.2) is 0 Å². The molecule has 0 heterocycles. The van der Waals surface area contributed by atoms with Gasteiger partial charge in [-0.15, -0.1) is 0 Å². The minimum atomic E-state index is 0.572. The summed E-state index contributed by atoms with van der Waals surface area (Å²) in [4.78, 5) is 0. The zero-order valence-corrected chi connectivity index (χ0v) is 10.2. The second kappa shape index (κ2) is 6.45. The van der Waals surface area contributed by atoms with E-state index in [9.17, 15) is 0 Å². The Bertz CT molecular complexity index is 113. The summed E-state index contributed by atoms with van der Waals surface area (Å²) < 4.78 is 0. The summed E-state index contributed by atoms with van der Waals surface area (Å²) in [5.74, 6) is 1.66. The first-order valence-corrected chi connectivity index (χ1v) is 5.83. The molecule has 0 bridgehead atoms. The van der Waals surface area contributed by atoms with Gasteiger partial charge in [-0.3, -0.25) is 0 Å². The van der Waals surface area contributed by atoms with E-state index in [1.165, 1.54) is 38.5 Å². The smallest absolute Gasteiger partial charge is 0.0275 e. The molecule has 0 nitrogen and oxygen atoms in total. The normalized spacial score (nSPS) is 12.5. The zero-order valence-electron chi connectivity index (χ0n) is 10.2. The zero-order chi connectivity index (χ0) is 10.3. The molecule has 0 fully saturated rings. The molecule has 0 rings (SSSR count). The average molecular weight is 183 g/mol. The lowest BCUT2D eigenvalue weighted by molar-refractivity contribution is 0.293. The highest BCUT2D eigenvalue weighted by molar-refractivity contribution is 4.82.